The molecular weight excluding hydrogens is 154 g/mol. The Morgan fingerprint density at radius 3 is 2.45 bits per heavy atom. The van der Waals surface area contributed by atoms with Crippen molar-refractivity contribution < 1.29 is 0 Å². The van der Waals surface area contributed by atoms with Gasteiger partial charge < -0.3 is 0 Å². The second-order valence-electron chi connectivity index (χ2n) is 2.20. The Labute approximate surface area is 72.8 Å². The van der Waals surface area contributed by atoms with E-state index in [0.29, 0.717) is 5.57 Å². The minimum absolute atomic E-state index is 0.573. The van der Waals surface area contributed by atoms with E-state index in [-0.39, 0.29) is 0 Å². The van der Waals surface area contributed by atoms with Crippen LogP contribution in [0.2, 0.25) is 0 Å². The molecule has 0 bridgehead atoms. The molecule has 1 nitrogen and oxygen atoms in total. The molecular formula is C9H13NS. The summed E-state index contributed by atoms with van der Waals surface area (Å²) in [6.45, 7) is 9.69. The molecule has 60 valence electrons. The second-order valence-corrected chi connectivity index (χ2v) is 3.68. The maximum atomic E-state index is 8.53. The summed E-state index contributed by atoms with van der Waals surface area (Å²) in [5.41, 5.74) is 1.59. The molecule has 0 aliphatic rings. The maximum Gasteiger partial charge on any atom is 0.0988 e. The Bertz CT molecular complexity index is 220. The van der Waals surface area contributed by atoms with Gasteiger partial charge in [-0.05, 0) is 30.1 Å². The predicted molar refractivity (Wildman–Crippen MR) is 51.3 cm³/mol. The largest absolute Gasteiger partial charge is 0.192 e. The zero-order valence-electron chi connectivity index (χ0n) is 7.27. The molecule has 0 saturated heterocycles. The minimum Gasteiger partial charge on any atom is -0.192 e. The van der Waals surface area contributed by atoms with Crippen LogP contribution in [0.25, 0.3) is 0 Å². The van der Waals surface area contributed by atoms with E-state index in [1.54, 1.807) is 11.8 Å². The number of allylic oxidation sites excluding steroid dienone is 3. The fraction of sp³-hybridized carbons (Fsp3) is 0.444. The van der Waals surface area contributed by atoms with Gasteiger partial charge in [-0.25, -0.2) is 0 Å². The van der Waals surface area contributed by atoms with Crippen LogP contribution in [0, 0.1) is 11.3 Å². The van der Waals surface area contributed by atoms with Crippen molar-refractivity contribution in [1.82, 2.24) is 0 Å². The van der Waals surface area contributed by atoms with Crippen molar-refractivity contribution in [3.8, 4) is 6.07 Å². The highest BCUT2D eigenvalue weighted by Gasteiger charge is 1.99. The van der Waals surface area contributed by atoms with E-state index in [1.807, 2.05) is 19.9 Å². The number of hydrogen-bond donors (Lipinski definition) is 0. The smallest absolute Gasteiger partial charge is 0.0988 e. The number of hydrogen-bond acceptors (Lipinski definition) is 2. The van der Waals surface area contributed by atoms with Gasteiger partial charge in [0.05, 0.1) is 6.07 Å². The SMILES string of the molecule is C=C(C#N)/C(C)=C(/C)SCC. The summed E-state index contributed by atoms with van der Waals surface area (Å²) in [6.07, 6.45) is 0. The Balaban J connectivity index is 4.42. The summed E-state index contributed by atoms with van der Waals surface area (Å²) >= 11 is 1.75. The molecule has 0 amide bonds. The van der Waals surface area contributed by atoms with E-state index in [1.165, 1.54) is 4.91 Å². The first kappa shape index (κ1) is 10.3. The predicted octanol–water partition coefficient (Wildman–Crippen LogP) is 3.11. The molecule has 11 heavy (non-hydrogen) atoms. The first-order valence-corrected chi connectivity index (χ1v) is 4.51. The lowest BCUT2D eigenvalue weighted by atomic mass is 10.1. The molecule has 0 radical (unpaired) electrons. The highest BCUT2D eigenvalue weighted by molar-refractivity contribution is 8.03. The van der Waals surface area contributed by atoms with Gasteiger partial charge in [0, 0.05) is 5.57 Å². The molecule has 0 fully saturated rings. The molecule has 0 aliphatic carbocycles. The van der Waals surface area contributed by atoms with E-state index in [2.05, 4.69) is 13.5 Å². The zero-order chi connectivity index (χ0) is 8.85. The van der Waals surface area contributed by atoms with Gasteiger partial charge in [-0.3, -0.25) is 0 Å². The van der Waals surface area contributed by atoms with Gasteiger partial charge in [0.15, 0.2) is 0 Å². The third-order valence-corrected chi connectivity index (χ3v) is 2.50. The fourth-order valence-corrected chi connectivity index (χ4v) is 1.39. The lowest BCUT2D eigenvalue weighted by Crippen LogP contribution is -1.83. The van der Waals surface area contributed by atoms with Crippen LogP contribution in [-0.4, -0.2) is 5.75 Å². The maximum absolute atomic E-state index is 8.53. The van der Waals surface area contributed by atoms with Crippen molar-refractivity contribution in [3.05, 3.63) is 22.6 Å². The fourth-order valence-electron chi connectivity index (χ4n) is 0.621. The molecule has 0 aromatic carbocycles. The standard InChI is InChI=1S/C9H13NS/c1-5-11-9(4)8(3)7(2)6-10/h2,5H2,1,3-4H3/b9-8-. The molecule has 0 rings (SSSR count). The van der Waals surface area contributed by atoms with Gasteiger partial charge >= 0.3 is 0 Å². The van der Waals surface area contributed by atoms with Crippen molar-refractivity contribution in [1.29, 1.82) is 5.26 Å². The van der Waals surface area contributed by atoms with Crippen molar-refractivity contribution in [3.63, 3.8) is 0 Å². The molecule has 0 N–H and O–H groups in total. The van der Waals surface area contributed by atoms with Crippen LogP contribution in [0.4, 0.5) is 0 Å². The van der Waals surface area contributed by atoms with E-state index < -0.39 is 0 Å². The van der Waals surface area contributed by atoms with Gasteiger partial charge in [0.1, 0.15) is 0 Å². The van der Waals surface area contributed by atoms with Crippen LogP contribution in [-0.2, 0) is 0 Å². The van der Waals surface area contributed by atoms with Crippen LogP contribution in [0.3, 0.4) is 0 Å². The van der Waals surface area contributed by atoms with Crippen LogP contribution in [0.15, 0.2) is 22.6 Å². The van der Waals surface area contributed by atoms with E-state index in [4.69, 9.17) is 5.26 Å². The van der Waals surface area contributed by atoms with Gasteiger partial charge in [-0.2, -0.15) is 5.26 Å². The molecule has 0 atom stereocenters. The lowest BCUT2D eigenvalue weighted by molar-refractivity contribution is 1.37. The van der Waals surface area contributed by atoms with Crippen molar-refractivity contribution in [2.45, 2.75) is 20.8 Å². The summed E-state index contributed by atoms with van der Waals surface area (Å²) in [7, 11) is 0. The first-order chi connectivity index (χ1) is 5.13. The number of nitriles is 1. The summed E-state index contributed by atoms with van der Waals surface area (Å²) < 4.78 is 0. The highest BCUT2D eigenvalue weighted by Crippen LogP contribution is 2.22. The summed E-state index contributed by atoms with van der Waals surface area (Å²) in [5.74, 6) is 1.04. The Hall–Kier alpha value is -0.680. The number of thioether (sulfide) groups is 1. The Kier molecular flexibility index (Phi) is 4.72. The monoisotopic (exact) mass is 167 g/mol. The summed E-state index contributed by atoms with van der Waals surface area (Å²) in [5, 5.41) is 8.53. The average Bonchev–Trinajstić information content (AvgIpc) is 2.02. The summed E-state index contributed by atoms with van der Waals surface area (Å²) in [4.78, 5) is 1.19. The van der Waals surface area contributed by atoms with E-state index >= 15 is 0 Å². The minimum atomic E-state index is 0.573. The average molecular weight is 167 g/mol. The third kappa shape index (κ3) is 3.29. The van der Waals surface area contributed by atoms with Crippen LogP contribution in [0.5, 0.6) is 0 Å². The van der Waals surface area contributed by atoms with Crippen molar-refractivity contribution >= 4 is 11.8 Å². The topological polar surface area (TPSA) is 23.8 Å². The lowest BCUT2D eigenvalue weighted by Gasteiger charge is -2.02. The normalized spacial score (nSPS) is 11.8. The Morgan fingerprint density at radius 1 is 1.55 bits per heavy atom. The number of rotatable bonds is 3. The molecule has 0 heterocycles. The molecule has 0 aromatic heterocycles. The van der Waals surface area contributed by atoms with Crippen LogP contribution < -0.4 is 0 Å². The van der Waals surface area contributed by atoms with E-state index in [9.17, 15) is 0 Å². The van der Waals surface area contributed by atoms with Crippen molar-refractivity contribution in [2.24, 2.45) is 0 Å². The van der Waals surface area contributed by atoms with Gasteiger partial charge in [-0.1, -0.05) is 13.5 Å². The molecule has 2 heteroatoms. The van der Waals surface area contributed by atoms with Crippen LogP contribution in [0.1, 0.15) is 20.8 Å². The second kappa shape index (κ2) is 5.03. The molecule has 0 spiro atoms. The van der Waals surface area contributed by atoms with Crippen LogP contribution >= 0.6 is 11.8 Å². The third-order valence-electron chi connectivity index (χ3n) is 1.48. The van der Waals surface area contributed by atoms with Gasteiger partial charge in [-0.15, -0.1) is 11.8 Å². The Morgan fingerprint density at radius 2 is 2.09 bits per heavy atom. The zero-order valence-corrected chi connectivity index (χ0v) is 8.09. The van der Waals surface area contributed by atoms with E-state index in [0.717, 1.165) is 11.3 Å². The first-order valence-electron chi connectivity index (χ1n) is 3.53. The molecule has 0 aliphatic heterocycles. The van der Waals surface area contributed by atoms with Crippen molar-refractivity contribution in [2.75, 3.05) is 5.75 Å². The number of nitrogens with zero attached hydrogens (tertiary/aromatic N) is 1. The highest BCUT2D eigenvalue weighted by atomic mass is 32.2. The molecule has 0 aromatic rings. The quantitative estimate of drug-likeness (QED) is 0.476. The molecule has 0 unspecified atom stereocenters. The van der Waals surface area contributed by atoms with Gasteiger partial charge in [0.2, 0.25) is 0 Å². The summed E-state index contributed by atoms with van der Waals surface area (Å²) in [6, 6.07) is 2.04. The van der Waals surface area contributed by atoms with Gasteiger partial charge in [0.25, 0.3) is 0 Å². The molecule has 0 saturated carbocycles.